The van der Waals surface area contributed by atoms with Gasteiger partial charge in [-0.3, -0.25) is 0 Å². The Hall–Kier alpha value is -0.690. The van der Waals surface area contributed by atoms with Crippen LogP contribution in [-0.4, -0.2) is 7.11 Å². The van der Waals surface area contributed by atoms with Crippen molar-refractivity contribution in [3.8, 4) is 5.75 Å². The predicted molar refractivity (Wildman–Crippen MR) is 61.3 cm³/mol. The van der Waals surface area contributed by atoms with Crippen LogP contribution in [-0.2, 0) is 6.42 Å². The van der Waals surface area contributed by atoms with Crippen molar-refractivity contribution in [2.75, 3.05) is 7.11 Å². The lowest BCUT2D eigenvalue weighted by molar-refractivity contribution is 0.410. The first-order chi connectivity index (χ1) is 6.56. The molecule has 1 nitrogen and oxygen atoms in total. The standard InChI is InChI=1S/C12H17ClO/c1-8(2)7-10-9(3)12(14-4)6-5-11(10)13/h5-6,8H,7H2,1-4H3. The molecular weight excluding hydrogens is 196 g/mol. The van der Waals surface area contributed by atoms with E-state index >= 15 is 0 Å². The van der Waals surface area contributed by atoms with Crippen molar-refractivity contribution >= 4 is 11.6 Å². The predicted octanol–water partition coefficient (Wildman–Crippen LogP) is 3.86. The number of benzene rings is 1. The average Bonchev–Trinajstić information content (AvgIpc) is 2.12. The molecular formula is C12H17ClO. The second-order valence-electron chi connectivity index (χ2n) is 3.95. The van der Waals surface area contributed by atoms with Gasteiger partial charge in [0.1, 0.15) is 5.75 Å². The first-order valence-electron chi connectivity index (χ1n) is 4.88. The number of rotatable bonds is 3. The van der Waals surface area contributed by atoms with Crippen molar-refractivity contribution < 1.29 is 4.74 Å². The molecule has 0 spiro atoms. The van der Waals surface area contributed by atoms with Gasteiger partial charge in [0.2, 0.25) is 0 Å². The van der Waals surface area contributed by atoms with Crippen LogP contribution in [0.25, 0.3) is 0 Å². The lowest BCUT2D eigenvalue weighted by Gasteiger charge is -2.13. The Balaban J connectivity index is 3.11. The van der Waals surface area contributed by atoms with Gasteiger partial charge in [-0.2, -0.15) is 0 Å². The van der Waals surface area contributed by atoms with Gasteiger partial charge in [-0.15, -0.1) is 0 Å². The van der Waals surface area contributed by atoms with Gasteiger partial charge in [0.05, 0.1) is 7.11 Å². The zero-order valence-electron chi connectivity index (χ0n) is 9.23. The van der Waals surface area contributed by atoms with Gasteiger partial charge >= 0.3 is 0 Å². The number of methoxy groups -OCH3 is 1. The van der Waals surface area contributed by atoms with Crippen LogP contribution in [0.1, 0.15) is 25.0 Å². The van der Waals surface area contributed by atoms with Gasteiger partial charge in [-0.1, -0.05) is 25.4 Å². The van der Waals surface area contributed by atoms with Gasteiger partial charge in [0.15, 0.2) is 0 Å². The molecule has 0 fully saturated rings. The van der Waals surface area contributed by atoms with Crippen molar-refractivity contribution in [2.45, 2.75) is 27.2 Å². The maximum absolute atomic E-state index is 6.15. The lowest BCUT2D eigenvalue weighted by atomic mass is 9.98. The monoisotopic (exact) mass is 212 g/mol. The van der Waals surface area contributed by atoms with E-state index in [4.69, 9.17) is 16.3 Å². The van der Waals surface area contributed by atoms with Gasteiger partial charge < -0.3 is 4.74 Å². The van der Waals surface area contributed by atoms with Crippen LogP contribution >= 0.6 is 11.6 Å². The van der Waals surface area contributed by atoms with E-state index < -0.39 is 0 Å². The zero-order valence-corrected chi connectivity index (χ0v) is 9.98. The Labute approximate surface area is 91.0 Å². The third kappa shape index (κ3) is 2.42. The molecule has 1 aromatic rings. The molecule has 0 bridgehead atoms. The Kier molecular flexibility index (Phi) is 3.82. The van der Waals surface area contributed by atoms with E-state index in [0.29, 0.717) is 5.92 Å². The summed E-state index contributed by atoms with van der Waals surface area (Å²) in [5, 5.41) is 0.844. The van der Waals surface area contributed by atoms with E-state index in [1.54, 1.807) is 7.11 Å². The van der Waals surface area contributed by atoms with E-state index in [2.05, 4.69) is 20.8 Å². The van der Waals surface area contributed by atoms with Crippen LogP contribution in [0.4, 0.5) is 0 Å². The lowest BCUT2D eigenvalue weighted by Crippen LogP contribution is -2.00. The maximum atomic E-state index is 6.15. The van der Waals surface area contributed by atoms with E-state index in [-0.39, 0.29) is 0 Å². The summed E-state index contributed by atoms with van der Waals surface area (Å²) in [6.45, 7) is 6.44. The minimum atomic E-state index is 0.610. The third-order valence-corrected chi connectivity index (χ3v) is 2.68. The molecule has 1 rings (SSSR count). The van der Waals surface area contributed by atoms with Gasteiger partial charge in [-0.25, -0.2) is 0 Å². The summed E-state index contributed by atoms with van der Waals surface area (Å²) < 4.78 is 5.26. The fourth-order valence-electron chi connectivity index (χ4n) is 1.58. The zero-order chi connectivity index (χ0) is 10.7. The van der Waals surface area contributed by atoms with Gasteiger partial charge in [0, 0.05) is 5.02 Å². The highest BCUT2D eigenvalue weighted by molar-refractivity contribution is 6.31. The SMILES string of the molecule is COc1ccc(Cl)c(CC(C)C)c1C. The molecule has 0 amide bonds. The van der Waals surface area contributed by atoms with E-state index in [9.17, 15) is 0 Å². The van der Waals surface area contributed by atoms with Crippen molar-refractivity contribution in [2.24, 2.45) is 5.92 Å². The molecule has 0 aliphatic carbocycles. The summed E-state index contributed by atoms with van der Waals surface area (Å²) in [4.78, 5) is 0. The summed E-state index contributed by atoms with van der Waals surface area (Å²) in [6, 6.07) is 3.83. The second kappa shape index (κ2) is 4.70. The molecule has 0 heterocycles. The highest BCUT2D eigenvalue weighted by Crippen LogP contribution is 2.29. The first kappa shape index (κ1) is 11.4. The molecule has 0 atom stereocenters. The summed E-state index contributed by atoms with van der Waals surface area (Å²) >= 11 is 6.15. The normalized spacial score (nSPS) is 10.7. The molecule has 0 saturated carbocycles. The third-order valence-electron chi connectivity index (χ3n) is 2.32. The van der Waals surface area contributed by atoms with Gasteiger partial charge in [-0.05, 0) is 42.5 Å². The number of hydrogen-bond acceptors (Lipinski definition) is 1. The number of hydrogen-bond donors (Lipinski definition) is 0. The summed E-state index contributed by atoms with van der Waals surface area (Å²) in [5.74, 6) is 1.53. The molecule has 0 radical (unpaired) electrons. The molecule has 0 aliphatic heterocycles. The summed E-state index contributed by atoms with van der Waals surface area (Å²) in [7, 11) is 1.69. The highest BCUT2D eigenvalue weighted by atomic mass is 35.5. The Morgan fingerprint density at radius 2 is 2.00 bits per heavy atom. The van der Waals surface area contributed by atoms with Crippen molar-refractivity contribution in [3.63, 3.8) is 0 Å². The van der Waals surface area contributed by atoms with Crippen LogP contribution in [0.5, 0.6) is 5.75 Å². The summed E-state index contributed by atoms with van der Waals surface area (Å²) in [6.07, 6.45) is 1.00. The topological polar surface area (TPSA) is 9.23 Å². The van der Waals surface area contributed by atoms with Crippen LogP contribution in [0.3, 0.4) is 0 Å². The number of halogens is 1. The molecule has 0 N–H and O–H groups in total. The van der Waals surface area contributed by atoms with Crippen molar-refractivity contribution in [1.82, 2.24) is 0 Å². The minimum absolute atomic E-state index is 0.610. The van der Waals surface area contributed by atoms with Crippen LogP contribution in [0.2, 0.25) is 5.02 Å². The fraction of sp³-hybridized carbons (Fsp3) is 0.500. The van der Waals surface area contributed by atoms with Crippen molar-refractivity contribution in [1.29, 1.82) is 0 Å². The molecule has 0 saturated heterocycles. The van der Waals surface area contributed by atoms with E-state index in [0.717, 1.165) is 22.8 Å². The molecule has 78 valence electrons. The minimum Gasteiger partial charge on any atom is -0.496 e. The molecule has 2 heteroatoms. The maximum Gasteiger partial charge on any atom is 0.122 e. The molecule has 0 aliphatic rings. The summed E-state index contributed by atoms with van der Waals surface area (Å²) in [5.41, 5.74) is 2.37. The Bertz CT molecular complexity index is 318. The van der Waals surface area contributed by atoms with E-state index in [1.807, 2.05) is 12.1 Å². The molecule has 0 unspecified atom stereocenters. The smallest absolute Gasteiger partial charge is 0.122 e. The van der Waals surface area contributed by atoms with Gasteiger partial charge in [0.25, 0.3) is 0 Å². The quantitative estimate of drug-likeness (QED) is 0.740. The Morgan fingerprint density at radius 1 is 1.36 bits per heavy atom. The first-order valence-corrected chi connectivity index (χ1v) is 5.26. The van der Waals surface area contributed by atoms with Crippen molar-refractivity contribution in [3.05, 3.63) is 28.3 Å². The Morgan fingerprint density at radius 3 is 2.50 bits per heavy atom. The highest BCUT2D eigenvalue weighted by Gasteiger charge is 2.10. The molecule has 0 aromatic heterocycles. The largest absolute Gasteiger partial charge is 0.496 e. The fourth-order valence-corrected chi connectivity index (χ4v) is 1.86. The molecule has 1 aromatic carbocycles. The van der Waals surface area contributed by atoms with Crippen LogP contribution in [0, 0.1) is 12.8 Å². The average molecular weight is 213 g/mol. The van der Waals surface area contributed by atoms with Crippen LogP contribution in [0.15, 0.2) is 12.1 Å². The van der Waals surface area contributed by atoms with E-state index in [1.165, 1.54) is 5.56 Å². The molecule has 14 heavy (non-hydrogen) atoms. The second-order valence-corrected chi connectivity index (χ2v) is 4.36. The van der Waals surface area contributed by atoms with Crippen LogP contribution < -0.4 is 4.74 Å². The number of ether oxygens (including phenoxy) is 1.